The van der Waals surface area contributed by atoms with Crippen LogP contribution in [0.25, 0.3) is 0 Å². The number of amides is 1. The third-order valence-corrected chi connectivity index (χ3v) is 3.14. The van der Waals surface area contributed by atoms with E-state index in [0.29, 0.717) is 17.2 Å². The molecule has 1 aromatic rings. The minimum atomic E-state index is -0.185. The molecule has 0 aromatic carbocycles. The first-order chi connectivity index (χ1) is 9.56. The number of carbonyl (C=O) groups excluding carboxylic acids is 1. The first-order valence-electron chi connectivity index (χ1n) is 6.93. The zero-order valence-corrected chi connectivity index (χ0v) is 12.3. The maximum absolute atomic E-state index is 12.0. The van der Waals surface area contributed by atoms with Crippen molar-refractivity contribution in [1.82, 2.24) is 10.3 Å². The second-order valence-electron chi connectivity index (χ2n) is 5.02. The first kappa shape index (κ1) is 16.2. The predicted octanol–water partition coefficient (Wildman–Crippen LogP) is 1.98. The summed E-state index contributed by atoms with van der Waals surface area (Å²) in [6.45, 7) is 6.14. The third kappa shape index (κ3) is 5.41. The van der Waals surface area contributed by atoms with Crippen molar-refractivity contribution in [3.63, 3.8) is 0 Å². The van der Waals surface area contributed by atoms with Crippen molar-refractivity contribution in [3.05, 3.63) is 29.6 Å². The summed E-state index contributed by atoms with van der Waals surface area (Å²) in [4.78, 5) is 16.1. The van der Waals surface area contributed by atoms with E-state index in [2.05, 4.69) is 36.0 Å². The van der Waals surface area contributed by atoms with Crippen LogP contribution in [0.3, 0.4) is 0 Å². The highest BCUT2D eigenvalue weighted by atomic mass is 16.2. The quantitative estimate of drug-likeness (QED) is 0.807. The standard InChI is InChI=1S/C16H22N2O2/c1-4-12(2)10-13(3)18-16(20)15-8-7-14(11-17-15)6-5-9-19/h7-8,11-13,19H,4,9-10H2,1-3H3,(H,18,20). The Bertz CT molecular complexity index is 485. The largest absolute Gasteiger partial charge is 0.384 e. The van der Waals surface area contributed by atoms with Gasteiger partial charge in [0.1, 0.15) is 12.3 Å². The van der Waals surface area contributed by atoms with E-state index in [0.717, 1.165) is 12.8 Å². The molecule has 0 bridgehead atoms. The van der Waals surface area contributed by atoms with Crippen LogP contribution in [-0.2, 0) is 0 Å². The summed E-state index contributed by atoms with van der Waals surface area (Å²) in [5.74, 6) is 5.71. The van der Waals surface area contributed by atoms with E-state index in [9.17, 15) is 4.79 Å². The molecular formula is C16H22N2O2. The highest BCUT2D eigenvalue weighted by molar-refractivity contribution is 5.92. The summed E-state index contributed by atoms with van der Waals surface area (Å²) in [6, 6.07) is 3.50. The summed E-state index contributed by atoms with van der Waals surface area (Å²) >= 11 is 0. The van der Waals surface area contributed by atoms with E-state index in [1.807, 2.05) is 6.92 Å². The second-order valence-corrected chi connectivity index (χ2v) is 5.02. The summed E-state index contributed by atoms with van der Waals surface area (Å²) in [5.41, 5.74) is 1.07. The first-order valence-corrected chi connectivity index (χ1v) is 6.93. The van der Waals surface area contributed by atoms with Gasteiger partial charge in [-0.15, -0.1) is 0 Å². The number of nitrogens with one attached hydrogen (secondary N) is 1. The molecule has 1 amide bonds. The van der Waals surface area contributed by atoms with Crippen LogP contribution in [0.2, 0.25) is 0 Å². The van der Waals surface area contributed by atoms with Crippen molar-refractivity contribution in [3.8, 4) is 11.8 Å². The molecule has 1 aromatic heterocycles. The van der Waals surface area contributed by atoms with Crippen molar-refractivity contribution in [2.24, 2.45) is 5.92 Å². The molecule has 0 saturated carbocycles. The lowest BCUT2D eigenvalue weighted by Crippen LogP contribution is -2.34. The van der Waals surface area contributed by atoms with Crippen LogP contribution in [0.4, 0.5) is 0 Å². The van der Waals surface area contributed by atoms with E-state index < -0.39 is 0 Å². The molecule has 1 heterocycles. The fourth-order valence-electron chi connectivity index (χ4n) is 1.87. The molecular weight excluding hydrogens is 252 g/mol. The Kier molecular flexibility index (Phi) is 6.75. The van der Waals surface area contributed by atoms with Crippen molar-refractivity contribution in [2.75, 3.05) is 6.61 Å². The molecule has 2 N–H and O–H groups in total. The molecule has 4 nitrogen and oxygen atoms in total. The van der Waals surface area contributed by atoms with Gasteiger partial charge in [-0.25, -0.2) is 4.98 Å². The van der Waals surface area contributed by atoms with E-state index in [-0.39, 0.29) is 18.6 Å². The second kappa shape index (κ2) is 8.34. The average Bonchev–Trinajstić information content (AvgIpc) is 2.45. The molecule has 0 spiro atoms. The van der Waals surface area contributed by atoms with Gasteiger partial charge in [-0.05, 0) is 31.4 Å². The number of aliphatic hydroxyl groups is 1. The molecule has 0 aliphatic rings. The smallest absolute Gasteiger partial charge is 0.270 e. The maximum Gasteiger partial charge on any atom is 0.270 e. The summed E-state index contributed by atoms with van der Waals surface area (Å²) in [7, 11) is 0. The van der Waals surface area contributed by atoms with Gasteiger partial charge in [0.2, 0.25) is 0 Å². The van der Waals surface area contributed by atoms with E-state index >= 15 is 0 Å². The van der Waals surface area contributed by atoms with Crippen molar-refractivity contribution in [2.45, 2.75) is 39.7 Å². The van der Waals surface area contributed by atoms with E-state index in [4.69, 9.17) is 5.11 Å². The van der Waals surface area contributed by atoms with Gasteiger partial charge >= 0.3 is 0 Å². The molecule has 1 rings (SSSR count). The van der Waals surface area contributed by atoms with Crippen LogP contribution in [0.5, 0.6) is 0 Å². The molecule has 0 saturated heterocycles. The van der Waals surface area contributed by atoms with Crippen molar-refractivity contribution < 1.29 is 9.90 Å². The van der Waals surface area contributed by atoms with E-state index in [1.54, 1.807) is 12.1 Å². The number of nitrogens with zero attached hydrogens (tertiary/aromatic N) is 1. The van der Waals surface area contributed by atoms with Crippen LogP contribution in [0.15, 0.2) is 18.3 Å². The molecule has 0 aliphatic carbocycles. The SMILES string of the molecule is CCC(C)CC(C)NC(=O)c1ccc(C#CCO)cn1. The minimum Gasteiger partial charge on any atom is -0.384 e. The lowest BCUT2D eigenvalue weighted by molar-refractivity contribution is 0.0930. The molecule has 0 aliphatic heterocycles. The maximum atomic E-state index is 12.0. The minimum absolute atomic E-state index is 0.133. The molecule has 108 valence electrons. The fourth-order valence-corrected chi connectivity index (χ4v) is 1.87. The molecule has 0 fully saturated rings. The molecule has 0 radical (unpaired) electrons. The topological polar surface area (TPSA) is 62.2 Å². The summed E-state index contributed by atoms with van der Waals surface area (Å²) in [5, 5.41) is 11.6. The molecule has 20 heavy (non-hydrogen) atoms. The van der Waals surface area contributed by atoms with Crippen LogP contribution in [0.1, 0.15) is 49.7 Å². The van der Waals surface area contributed by atoms with Crippen LogP contribution < -0.4 is 5.32 Å². The molecule has 2 unspecified atom stereocenters. The van der Waals surface area contributed by atoms with Gasteiger partial charge in [0.05, 0.1) is 0 Å². The van der Waals surface area contributed by atoms with Crippen molar-refractivity contribution in [1.29, 1.82) is 0 Å². The average molecular weight is 274 g/mol. The highest BCUT2D eigenvalue weighted by Crippen LogP contribution is 2.10. The van der Waals surface area contributed by atoms with Crippen LogP contribution in [0, 0.1) is 17.8 Å². The lowest BCUT2D eigenvalue weighted by atomic mass is 10.0. The number of pyridine rings is 1. The van der Waals surface area contributed by atoms with Gasteiger partial charge in [0, 0.05) is 17.8 Å². The number of carbonyl (C=O) groups is 1. The number of rotatable bonds is 5. The Morgan fingerprint density at radius 3 is 2.75 bits per heavy atom. The van der Waals surface area contributed by atoms with Gasteiger partial charge in [-0.2, -0.15) is 0 Å². The number of aromatic nitrogens is 1. The number of hydrogen-bond acceptors (Lipinski definition) is 3. The van der Waals surface area contributed by atoms with Gasteiger partial charge in [0.15, 0.2) is 0 Å². The van der Waals surface area contributed by atoms with Gasteiger partial charge in [-0.1, -0.05) is 32.1 Å². The predicted molar refractivity (Wildman–Crippen MR) is 79.2 cm³/mol. The zero-order chi connectivity index (χ0) is 15.0. The normalized spacial score (nSPS) is 13.0. The van der Waals surface area contributed by atoms with Crippen LogP contribution in [-0.4, -0.2) is 28.6 Å². The van der Waals surface area contributed by atoms with Crippen molar-refractivity contribution >= 4 is 5.91 Å². The Labute approximate surface area is 120 Å². The number of hydrogen-bond donors (Lipinski definition) is 2. The third-order valence-electron chi connectivity index (χ3n) is 3.14. The van der Waals surface area contributed by atoms with Gasteiger partial charge in [0.25, 0.3) is 5.91 Å². The Balaban J connectivity index is 2.59. The summed E-state index contributed by atoms with van der Waals surface area (Å²) < 4.78 is 0. The Morgan fingerprint density at radius 2 is 2.20 bits per heavy atom. The van der Waals surface area contributed by atoms with Gasteiger partial charge < -0.3 is 10.4 Å². The monoisotopic (exact) mass is 274 g/mol. The number of aliphatic hydroxyl groups excluding tert-OH is 1. The van der Waals surface area contributed by atoms with Crippen LogP contribution >= 0.6 is 0 Å². The fraction of sp³-hybridized carbons (Fsp3) is 0.500. The Hall–Kier alpha value is -1.86. The molecule has 4 heteroatoms. The summed E-state index contributed by atoms with van der Waals surface area (Å²) in [6.07, 6.45) is 3.61. The zero-order valence-electron chi connectivity index (χ0n) is 12.3. The Morgan fingerprint density at radius 1 is 1.45 bits per heavy atom. The highest BCUT2D eigenvalue weighted by Gasteiger charge is 2.12. The van der Waals surface area contributed by atoms with Gasteiger partial charge in [-0.3, -0.25) is 4.79 Å². The lowest BCUT2D eigenvalue weighted by Gasteiger charge is -2.17. The van der Waals surface area contributed by atoms with E-state index in [1.165, 1.54) is 6.20 Å². The molecule has 2 atom stereocenters.